The number of hydrogen-bond acceptors (Lipinski definition) is 7. The van der Waals surface area contributed by atoms with Crippen molar-refractivity contribution in [2.75, 3.05) is 36.9 Å². The molecule has 0 unspecified atom stereocenters. The molecule has 1 fully saturated rings. The Hall–Kier alpha value is -3.33. The molecule has 3 heterocycles. The summed E-state index contributed by atoms with van der Waals surface area (Å²) in [5, 5.41) is 11.5. The number of ether oxygens (including phenoxy) is 1. The minimum absolute atomic E-state index is 0.0310. The maximum absolute atomic E-state index is 12.4. The highest BCUT2D eigenvalue weighted by molar-refractivity contribution is 7.99. The summed E-state index contributed by atoms with van der Waals surface area (Å²) in [6.07, 6.45) is 5.49. The van der Waals surface area contributed by atoms with Crippen LogP contribution < -0.4 is 15.0 Å². The summed E-state index contributed by atoms with van der Waals surface area (Å²) in [5.41, 5.74) is 0.818. The lowest BCUT2D eigenvalue weighted by molar-refractivity contribution is -0.123. The van der Waals surface area contributed by atoms with Gasteiger partial charge in [-0.05, 0) is 47.9 Å². The summed E-state index contributed by atoms with van der Waals surface area (Å²) < 4.78 is 7.55. The van der Waals surface area contributed by atoms with Crippen LogP contribution in [0.25, 0.3) is 21.8 Å². The fourth-order valence-corrected chi connectivity index (χ4v) is 4.94. The van der Waals surface area contributed by atoms with Gasteiger partial charge in [-0.1, -0.05) is 49.0 Å². The molecule has 1 amide bonds. The molecule has 8 nitrogen and oxygen atoms in total. The molecule has 35 heavy (non-hydrogen) atoms. The summed E-state index contributed by atoms with van der Waals surface area (Å²) in [6.45, 7) is 5.07. The van der Waals surface area contributed by atoms with Gasteiger partial charge < -0.3 is 15.0 Å². The first-order valence-electron chi connectivity index (χ1n) is 12.2. The third-order valence-electron chi connectivity index (χ3n) is 6.12. The summed E-state index contributed by atoms with van der Waals surface area (Å²) in [7, 11) is 0. The molecule has 9 heteroatoms. The number of nitrogens with zero attached hydrogens (tertiary/aromatic N) is 5. The normalized spacial score (nSPS) is 13.9. The first-order valence-corrected chi connectivity index (χ1v) is 13.2. The van der Waals surface area contributed by atoms with Gasteiger partial charge in [-0.25, -0.2) is 14.6 Å². The molecule has 1 N–H and O–H groups in total. The van der Waals surface area contributed by atoms with Crippen LogP contribution in [0.15, 0.2) is 53.8 Å². The molecule has 0 saturated carbocycles. The van der Waals surface area contributed by atoms with E-state index in [2.05, 4.69) is 28.3 Å². The average Bonchev–Trinajstić information content (AvgIpc) is 3.30. The van der Waals surface area contributed by atoms with E-state index in [1.54, 1.807) is 11.8 Å². The highest BCUT2D eigenvalue weighted by atomic mass is 32.2. The van der Waals surface area contributed by atoms with E-state index in [9.17, 15) is 4.79 Å². The van der Waals surface area contributed by atoms with Gasteiger partial charge in [-0.3, -0.25) is 4.79 Å². The number of aromatic nitrogens is 4. The highest BCUT2D eigenvalue weighted by Crippen LogP contribution is 2.29. The zero-order chi connectivity index (χ0) is 24.0. The second-order valence-corrected chi connectivity index (χ2v) is 9.79. The van der Waals surface area contributed by atoms with E-state index in [4.69, 9.17) is 14.7 Å². The van der Waals surface area contributed by atoms with Crippen molar-refractivity contribution in [2.24, 2.45) is 0 Å². The van der Waals surface area contributed by atoms with Gasteiger partial charge >= 0.3 is 0 Å². The predicted molar refractivity (Wildman–Crippen MR) is 140 cm³/mol. The fourth-order valence-electron chi connectivity index (χ4n) is 4.38. The predicted octanol–water partition coefficient (Wildman–Crippen LogP) is 4.28. The number of fused-ring (bicyclic) bond motifs is 2. The molecular formula is C26H30N6O2S. The lowest BCUT2D eigenvalue weighted by Gasteiger charge is -2.28. The highest BCUT2D eigenvalue weighted by Gasteiger charge is 2.20. The summed E-state index contributed by atoms with van der Waals surface area (Å²) in [5.74, 6) is 2.40. The third-order valence-corrected chi connectivity index (χ3v) is 6.85. The van der Waals surface area contributed by atoms with Crippen LogP contribution in [0.2, 0.25) is 0 Å². The van der Waals surface area contributed by atoms with E-state index in [0.29, 0.717) is 18.8 Å². The second kappa shape index (κ2) is 10.9. The van der Waals surface area contributed by atoms with Crippen molar-refractivity contribution in [1.29, 1.82) is 0 Å². The molecule has 2 aromatic carbocycles. The van der Waals surface area contributed by atoms with Gasteiger partial charge in [0.1, 0.15) is 11.6 Å². The first-order chi connectivity index (χ1) is 17.2. The van der Waals surface area contributed by atoms with Gasteiger partial charge in [-0.2, -0.15) is 5.10 Å². The van der Waals surface area contributed by atoms with Crippen molar-refractivity contribution in [3.05, 3.63) is 48.7 Å². The van der Waals surface area contributed by atoms with E-state index >= 15 is 0 Å². The number of nitrogens with one attached hydrogen (secondary N) is 1. The van der Waals surface area contributed by atoms with Crippen molar-refractivity contribution in [1.82, 2.24) is 25.1 Å². The lowest BCUT2D eigenvalue weighted by atomic mass is 10.1. The van der Waals surface area contributed by atoms with Crippen molar-refractivity contribution in [3.8, 4) is 5.75 Å². The van der Waals surface area contributed by atoms with E-state index in [0.717, 1.165) is 51.6 Å². The topological polar surface area (TPSA) is 85.2 Å². The Kier molecular flexibility index (Phi) is 7.32. The molecular weight excluding hydrogens is 460 g/mol. The number of thioether (sulfide) groups is 1. The van der Waals surface area contributed by atoms with E-state index in [1.807, 2.05) is 47.3 Å². The van der Waals surface area contributed by atoms with Crippen LogP contribution in [-0.2, 0) is 11.3 Å². The number of amides is 1. The Morgan fingerprint density at radius 1 is 1.09 bits per heavy atom. The maximum Gasteiger partial charge on any atom is 0.258 e. The lowest BCUT2D eigenvalue weighted by Crippen LogP contribution is -2.32. The molecule has 0 atom stereocenters. The van der Waals surface area contributed by atoms with Crippen LogP contribution in [0.5, 0.6) is 5.75 Å². The van der Waals surface area contributed by atoms with Gasteiger partial charge in [0.15, 0.2) is 17.4 Å². The Morgan fingerprint density at radius 2 is 1.91 bits per heavy atom. The molecule has 0 aliphatic carbocycles. The zero-order valence-corrected chi connectivity index (χ0v) is 20.8. The van der Waals surface area contributed by atoms with Crippen molar-refractivity contribution in [3.63, 3.8) is 0 Å². The smallest absolute Gasteiger partial charge is 0.258 e. The molecule has 1 aliphatic rings. The third kappa shape index (κ3) is 5.51. The zero-order valence-electron chi connectivity index (χ0n) is 19.9. The molecule has 182 valence electrons. The molecule has 5 rings (SSSR count). The van der Waals surface area contributed by atoms with Crippen LogP contribution in [0.4, 0.5) is 5.82 Å². The number of rotatable bonds is 9. The van der Waals surface area contributed by atoms with Crippen LogP contribution in [0, 0.1) is 0 Å². The Morgan fingerprint density at radius 3 is 2.74 bits per heavy atom. The molecule has 4 aromatic rings. The maximum atomic E-state index is 12.4. The van der Waals surface area contributed by atoms with Gasteiger partial charge in [0.2, 0.25) is 0 Å². The molecule has 0 spiro atoms. The number of carbonyl (C=O) groups excluding carboxylic acids is 1. The van der Waals surface area contributed by atoms with Gasteiger partial charge in [-0.15, -0.1) is 0 Å². The Labute approximate surface area is 209 Å². The number of carbonyl (C=O) groups is 1. The van der Waals surface area contributed by atoms with E-state index in [1.165, 1.54) is 19.3 Å². The summed E-state index contributed by atoms with van der Waals surface area (Å²) in [4.78, 5) is 24.3. The summed E-state index contributed by atoms with van der Waals surface area (Å²) >= 11 is 1.64. The van der Waals surface area contributed by atoms with Crippen molar-refractivity contribution in [2.45, 2.75) is 37.9 Å². The average molecular weight is 491 g/mol. The van der Waals surface area contributed by atoms with Crippen molar-refractivity contribution < 1.29 is 9.53 Å². The van der Waals surface area contributed by atoms with Gasteiger partial charge in [0.05, 0.1) is 18.1 Å². The molecule has 0 bridgehead atoms. The van der Waals surface area contributed by atoms with Crippen LogP contribution in [-0.4, -0.2) is 57.6 Å². The SMILES string of the molecule is CCSc1nc(N2CCCCC2)c2cnn(CCNC(=O)COc3ccc4ccccc4c3)c2n1. The summed E-state index contributed by atoms with van der Waals surface area (Å²) in [6, 6.07) is 13.9. The van der Waals surface area contributed by atoms with Crippen molar-refractivity contribution >= 4 is 45.3 Å². The monoisotopic (exact) mass is 490 g/mol. The van der Waals surface area contributed by atoms with E-state index < -0.39 is 0 Å². The first kappa shape index (κ1) is 23.4. The minimum atomic E-state index is -0.166. The van der Waals surface area contributed by atoms with Gasteiger partial charge in [0, 0.05) is 19.6 Å². The molecule has 1 aliphatic heterocycles. The number of anilines is 1. The minimum Gasteiger partial charge on any atom is -0.484 e. The Bertz CT molecular complexity index is 1320. The van der Waals surface area contributed by atoms with Crippen LogP contribution in [0.1, 0.15) is 26.2 Å². The fraction of sp³-hybridized carbons (Fsp3) is 0.385. The number of piperidine rings is 1. The van der Waals surface area contributed by atoms with Crippen LogP contribution >= 0.6 is 11.8 Å². The molecule has 0 radical (unpaired) electrons. The van der Waals surface area contributed by atoms with E-state index in [-0.39, 0.29) is 12.5 Å². The largest absolute Gasteiger partial charge is 0.484 e. The van der Waals surface area contributed by atoms with Gasteiger partial charge in [0.25, 0.3) is 5.91 Å². The van der Waals surface area contributed by atoms with Crippen LogP contribution in [0.3, 0.4) is 0 Å². The quantitative estimate of drug-likeness (QED) is 0.277. The standard InChI is InChI=1S/C26H30N6O2S/c1-2-35-26-29-24(31-13-6-3-7-14-31)22-17-28-32(25(22)30-26)15-12-27-23(33)18-34-21-11-10-19-8-4-5-9-20(19)16-21/h4-5,8-11,16-17H,2-3,6-7,12-15,18H2,1H3,(H,27,33). The second-order valence-electron chi connectivity index (χ2n) is 8.56. The molecule has 2 aromatic heterocycles. The Balaban J connectivity index is 1.21. The molecule has 1 saturated heterocycles. The number of benzene rings is 2. The number of hydrogen-bond donors (Lipinski definition) is 1.